The molecule has 4 aromatic rings. The second kappa shape index (κ2) is 5.78. The van der Waals surface area contributed by atoms with Crippen molar-refractivity contribution < 1.29 is 4.79 Å². The number of nitrogens with one attached hydrogen (secondary N) is 1. The molecule has 26 heavy (non-hydrogen) atoms. The molecular formula is C19H14ClN5O. The van der Waals surface area contributed by atoms with E-state index in [4.69, 9.17) is 11.6 Å². The monoisotopic (exact) mass is 363 g/mol. The van der Waals surface area contributed by atoms with Gasteiger partial charge in [0.05, 0.1) is 28.1 Å². The average molecular weight is 364 g/mol. The topological polar surface area (TPSA) is 72.7 Å². The number of amides is 1. The van der Waals surface area contributed by atoms with Gasteiger partial charge in [-0.25, -0.2) is 9.97 Å². The highest BCUT2D eigenvalue weighted by Crippen LogP contribution is 2.36. The molecule has 1 fully saturated rings. The van der Waals surface area contributed by atoms with Crippen molar-refractivity contribution in [3.8, 4) is 0 Å². The van der Waals surface area contributed by atoms with Crippen LogP contribution in [0.1, 0.15) is 29.2 Å². The Morgan fingerprint density at radius 2 is 2.08 bits per heavy atom. The molecule has 7 heteroatoms. The van der Waals surface area contributed by atoms with Crippen LogP contribution in [0.4, 0.5) is 5.69 Å². The molecule has 3 heterocycles. The molecule has 0 aliphatic heterocycles. The van der Waals surface area contributed by atoms with Crippen LogP contribution in [0.2, 0.25) is 5.02 Å². The molecule has 0 unspecified atom stereocenters. The van der Waals surface area contributed by atoms with Crippen LogP contribution >= 0.6 is 11.6 Å². The first-order valence-corrected chi connectivity index (χ1v) is 8.76. The second-order valence-corrected chi connectivity index (χ2v) is 6.81. The van der Waals surface area contributed by atoms with E-state index < -0.39 is 0 Å². The minimum Gasteiger partial charge on any atom is -0.321 e. The molecule has 0 bridgehead atoms. The summed E-state index contributed by atoms with van der Waals surface area (Å²) in [5, 5.41) is 4.26. The number of benzene rings is 1. The van der Waals surface area contributed by atoms with Crippen LogP contribution in [0, 0.1) is 0 Å². The summed E-state index contributed by atoms with van der Waals surface area (Å²) in [5.41, 5.74) is 3.33. The van der Waals surface area contributed by atoms with Gasteiger partial charge in [-0.1, -0.05) is 11.6 Å². The average Bonchev–Trinajstić information content (AvgIpc) is 3.43. The molecule has 6 nitrogen and oxygen atoms in total. The molecule has 1 N–H and O–H groups in total. The van der Waals surface area contributed by atoms with Gasteiger partial charge >= 0.3 is 0 Å². The highest BCUT2D eigenvalue weighted by molar-refractivity contribution is 6.35. The molecule has 1 aromatic carbocycles. The maximum atomic E-state index is 12.7. The van der Waals surface area contributed by atoms with E-state index in [0.717, 1.165) is 29.4 Å². The SMILES string of the molecule is O=C(Nc1ccc(Cl)c2ncccc12)c1cnc2c(c1)ncn2C1CC1. The van der Waals surface area contributed by atoms with Gasteiger partial charge in [-0.05, 0) is 43.2 Å². The van der Waals surface area contributed by atoms with Crippen molar-refractivity contribution in [2.45, 2.75) is 18.9 Å². The summed E-state index contributed by atoms with van der Waals surface area (Å²) in [6.45, 7) is 0. The number of rotatable bonds is 3. The first kappa shape index (κ1) is 15.3. The normalized spacial score (nSPS) is 14.0. The molecule has 0 saturated heterocycles. The first-order valence-electron chi connectivity index (χ1n) is 8.38. The van der Waals surface area contributed by atoms with E-state index in [1.165, 1.54) is 0 Å². The lowest BCUT2D eigenvalue weighted by molar-refractivity contribution is 0.102. The van der Waals surface area contributed by atoms with Gasteiger partial charge in [0.2, 0.25) is 0 Å². The third-order valence-corrected chi connectivity index (χ3v) is 4.89. The molecule has 1 amide bonds. The Kier molecular flexibility index (Phi) is 3.39. The Balaban J connectivity index is 1.49. The molecule has 0 spiro atoms. The number of anilines is 1. The van der Waals surface area contributed by atoms with E-state index in [9.17, 15) is 4.79 Å². The van der Waals surface area contributed by atoms with E-state index in [-0.39, 0.29) is 5.91 Å². The van der Waals surface area contributed by atoms with E-state index in [2.05, 4.69) is 24.8 Å². The van der Waals surface area contributed by atoms with Gasteiger partial charge in [-0.2, -0.15) is 0 Å². The first-order chi connectivity index (χ1) is 12.7. The fraction of sp³-hybridized carbons (Fsp3) is 0.158. The number of carbonyl (C=O) groups excluding carboxylic acids is 1. The summed E-state index contributed by atoms with van der Waals surface area (Å²) in [7, 11) is 0. The number of halogens is 1. The quantitative estimate of drug-likeness (QED) is 0.591. The number of fused-ring (bicyclic) bond motifs is 2. The van der Waals surface area contributed by atoms with Crippen LogP contribution in [0.25, 0.3) is 22.1 Å². The van der Waals surface area contributed by atoms with Crippen molar-refractivity contribution in [3.05, 3.63) is 59.6 Å². The van der Waals surface area contributed by atoms with Gasteiger partial charge in [0.15, 0.2) is 5.65 Å². The number of nitrogens with zero attached hydrogens (tertiary/aromatic N) is 4. The number of aromatic nitrogens is 4. The molecule has 0 radical (unpaired) electrons. The second-order valence-electron chi connectivity index (χ2n) is 6.40. The maximum Gasteiger partial charge on any atom is 0.257 e. The highest BCUT2D eigenvalue weighted by atomic mass is 35.5. The van der Waals surface area contributed by atoms with Gasteiger partial charge in [-0.3, -0.25) is 9.78 Å². The van der Waals surface area contributed by atoms with Crippen molar-refractivity contribution in [1.82, 2.24) is 19.5 Å². The van der Waals surface area contributed by atoms with E-state index in [1.807, 2.05) is 12.1 Å². The van der Waals surface area contributed by atoms with Crippen molar-refractivity contribution in [2.24, 2.45) is 0 Å². The lowest BCUT2D eigenvalue weighted by atomic mass is 10.1. The molecule has 1 saturated carbocycles. The largest absolute Gasteiger partial charge is 0.321 e. The van der Waals surface area contributed by atoms with Crippen molar-refractivity contribution in [1.29, 1.82) is 0 Å². The van der Waals surface area contributed by atoms with Crippen LogP contribution < -0.4 is 5.32 Å². The van der Waals surface area contributed by atoms with Crippen LogP contribution in [0.3, 0.4) is 0 Å². The molecule has 0 atom stereocenters. The minimum absolute atomic E-state index is 0.243. The third kappa shape index (κ3) is 2.50. The predicted octanol–water partition coefficient (Wildman–Crippen LogP) is 4.22. The number of imidazole rings is 1. The van der Waals surface area contributed by atoms with Crippen molar-refractivity contribution >= 4 is 45.3 Å². The third-order valence-electron chi connectivity index (χ3n) is 4.58. The van der Waals surface area contributed by atoms with Crippen molar-refractivity contribution in [3.63, 3.8) is 0 Å². The molecule has 1 aliphatic rings. The molecule has 5 rings (SSSR count). The van der Waals surface area contributed by atoms with Gasteiger partial charge in [0.25, 0.3) is 5.91 Å². The molecular weight excluding hydrogens is 350 g/mol. The Morgan fingerprint density at radius 1 is 1.19 bits per heavy atom. The van der Waals surface area contributed by atoms with Crippen LogP contribution in [-0.4, -0.2) is 25.4 Å². The minimum atomic E-state index is -0.243. The Bertz CT molecular complexity index is 1170. The van der Waals surface area contributed by atoms with Crippen LogP contribution in [0.15, 0.2) is 49.1 Å². The molecule has 128 valence electrons. The Labute approximate surface area is 153 Å². The summed E-state index contributed by atoms with van der Waals surface area (Å²) >= 11 is 6.19. The number of hydrogen-bond acceptors (Lipinski definition) is 4. The molecule has 3 aromatic heterocycles. The molecule has 1 aliphatic carbocycles. The van der Waals surface area contributed by atoms with Crippen LogP contribution in [-0.2, 0) is 0 Å². The summed E-state index contributed by atoms with van der Waals surface area (Å²) in [5.74, 6) is -0.243. The van der Waals surface area contributed by atoms with Gasteiger partial charge in [0, 0.05) is 23.8 Å². The van der Waals surface area contributed by atoms with E-state index in [1.54, 1.807) is 36.9 Å². The van der Waals surface area contributed by atoms with Gasteiger partial charge < -0.3 is 9.88 Å². The van der Waals surface area contributed by atoms with E-state index in [0.29, 0.717) is 27.8 Å². The van der Waals surface area contributed by atoms with Crippen LogP contribution in [0.5, 0.6) is 0 Å². The van der Waals surface area contributed by atoms with Gasteiger partial charge in [0.1, 0.15) is 5.52 Å². The standard InChI is InChI=1S/C19H14ClN5O/c20-14-5-6-15(13-2-1-7-21-17(13)14)24-19(26)11-8-16-18(22-9-11)25(10-23-16)12-3-4-12/h1-2,5-10,12H,3-4H2,(H,24,26). The van der Waals surface area contributed by atoms with E-state index >= 15 is 0 Å². The summed E-state index contributed by atoms with van der Waals surface area (Å²) in [6.07, 6.45) is 7.39. The Morgan fingerprint density at radius 3 is 2.92 bits per heavy atom. The highest BCUT2D eigenvalue weighted by Gasteiger charge is 2.25. The zero-order valence-corrected chi connectivity index (χ0v) is 14.4. The zero-order valence-electron chi connectivity index (χ0n) is 13.7. The van der Waals surface area contributed by atoms with Gasteiger partial charge in [-0.15, -0.1) is 0 Å². The fourth-order valence-electron chi connectivity index (χ4n) is 3.10. The lowest BCUT2D eigenvalue weighted by Gasteiger charge is -2.09. The predicted molar refractivity (Wildman–Crippen MR) is 101 cm³/mol. The lowest BCUT2D eigenvalue weighted by Crippen LogP contribution is -2.12. The summed E-state index contributed by atoms with van der Waals surface area (Å²) in [4.78, 5) is 25.8. The number of pyridine rings is 2. The number of hydrogen-bond donors (Lipinski definition) is 1. The number of carbonyl (C=O) groups is 1. The zero-order chi connectivity index (χ0) is 17.7. The smallest absolute Gasteiger partial charge is 0.257 e. The fourth-order valence-corrected chi connectivity index (χ4v) is 3.32. The summed E-state index contributed by atoms with van der Waals surface area (Å²) in [6, 6.07) is 9.46. The Hall–Kier alpha value is -2.99. The summed E-state index contributed by atoms with van der Waals surface area (Å²) < 4.78 is 2.08. The van der Waals surface area contributed by atoms with Crippen molar-refractivity contribution in [2.75, 3.05) is 5.32 Å². The maximum absolute atomic E-state index is 12.7.